The van der Waals surface area contributed by atoms with Gasteiger partial charge in [-0.2, -0.15) is 0 Å². The molecule has 1 amide bonds. The fourth-order valence-corrected chi connectivity index (χ4v) is 5.67. The molecule has 0 aromatic heterocycles. The zero-order valence-corrected chi connectivity index (χ0v) is 16.8. The van der Waals surface area contributed by atoms with Gasteiger partial charge in [0.15, 0.2) is 0 Å². The highest BCUT2D eigenvalue weighted by molar-refractivity contribution is 8.22. The van der Waals surface area contributed by atoms with Crippen LogP contribution < -0.4 is 5.32 Å². The summed E-state index contributed by atoms with van der Waals surface area (Å²) < 4.78 is 5.45. The van der Waals surface area contributed by atoms with Gasteiger partial charge >= 0.3 is 6.16 Å². The van der Waals surface area contributed by atoms with Crippen LogP contribution in [0.25, 0.3) is 0 Å². The molecule has 2 aliphatic heterocycles. The second-order valence-corrected chi connectivity index (χ2v) is 8.69. The first-order chi connectivity index (χ1) is 13.4. The lowest BCUT2D eigenvalue weighted by molar-refractivity contribution is -0.156. The third-order valence-corrected chi connectivity index (χ3v) is 7.04. The third kappa shape index (κ3) is 4.13. The van der Waals surface area contributed by atoms with Crippen LogP contribution in [0.15, 0.2) is 40.5 Å². The maximum atomic E-state index is 12.4. The van der Waals surface area contributed by atoms with Gasteiger partial charge in [0.2, 0.25) is 11.8 Å². The summed E-state index contributed by atoms with van der Waals surface area (Å²) in [6, 6.07) is 9.28. The van der Waals surface area contributed by atoms with Crippen molar-refractivity contribution in [1.29, 1.82) is 5.41 Å². The van der Waals surface area contributed by atoms with E-state index in [-0.39, 0.29) is 17.2 Å². The maximum absolute atomic E-state index is 12.4. The number of carbonyl (C=O) groups excluding carboxylic acids is 1. The number of ether oxygens (including phenoxy) is 1. The molecule has 1 aromatic rings. The number of aliphatic hydroxyl groups excluding tert-OH is 1. The largest absolute Gasteiger partial charge is 0.512 e. The summed E-state index contributed by atoms with van der Waals surface area (Å²) in [6.45, 7) is 2.29. The highest BCUT2D eigenvalue weighted by Gasteiger charge is 2.58. The summed E-state index contributed by atoms with van der Waals surface area (Å²) in [5, 5.41) is 29.8. The molecule has 28 heavy (non-hydrogen) atoms. The molecule has 0 bridgehead atoms. The molecule has 0 unspecified atom stereocenters. The summed E-state index contributed by atoms with van der Waals surface area (Å²) in [5.74, 6) is 0.0175. The first kappa shape index (κ1) is 20.6. The number of hydrogen-bond acceptors (Lipinski definition) is 7. The van der Waals surface area contributed by atoms with Crippen LogP contribution in [0.3, 0.4) is 0 Å². The molecule has 2 heterocycles. The third-order valence-electron chi connectivity index (χ3n) is 4.42. The van der Waals surface area contributed by atoms with Crippen LogP contribution in [0.1, 0.15) is 18.9 Å². The van der Waals surface area contributed by atoms with Gasteiger partial charge in [-0.25, -0.2) is 4.79 Å². The molecule has 0 aliphatic carbocycles. The minimum absolute atomic E-state index is 0.0233. The standard InChI is InChI=1S/C18H21N3O5S2/c1-2-11(22)12-14(23)21-15(26-18(24)25)17(28-16(12)21)27-9-8-20-13(19)10-6-4-3-5-7-10/h3-7,11-12,16,22H,2,8-9H2,1H3,(H2,19,20)(H,24,25)/t11-,12+,16+/m0/s1. The van der Waals surface area contributed by atoms with Crippen LogP contribution in [0.2, 0.25) is 0 Å². The molecular formula is C18H21N3O5S2. The van der Waals surface area contributed by atoms with E-state index in [4.69, 9.17) is 15.3 Å². The van der Waals surface area contributed by atoms with Gasteiger partial charge in [-0.05, 0) is 6.42 Å². The number of carboxylic acid groups (broad SMARTS) is 1. The zero-order chi connectivity index (χ0) is 20.3. The number of benzene rings is 1. The molecule has 3 rings (SSSR count). The number of fused-ring (bicyclic) bond motifs is 1. The van der Waals surface area contributed by atoms with Gasteiger partial charge in [-0.15, -0.1) is 11.8 Å². The van der Waals surface area contributed by atoms with Gasteiger partial charge in [-0.1, -0.05) is 49.0 Å². The van der Waals surface area contributed by atoms with Crippen LogP contribution >= 0.6 is 23.5 Å². The summed E-state index contributed by atoms with van der Waals surface area (Å²) in [5.41, 5.74) is 0.781. The predicted molar refractivity (Wildman–Crippen MR) is 108 cm³/mol. The molecule has 1 fully saturated rings. The Morgan fingerprint density at radius 2 is 2.14 bits per heavy atom. The molecule has 1 saturated heterocycles. The number of amides is 1. The normalized spacial score (nSPS) is 21.8. The topological polar surface area (TPSA) is 123 Å². The number of β-lactam (4-membered cyclic amide) rings is 1. The number of nitrogens with zero attached hydrogens (tertiary/aromatic N) is 1. The van der Waals surface area contributed by atoms with Crippen LogP contribution in [0.5, 0.6) is 0 Å². The van der Waals surface area contributed by atoms with Crippen molar-refractivity contribution in [2.24, 2.45) is 5.92 Å². The number of hydrogen-bond donors (Lipinski definition) is 4. The molecule has 1 aromatic carbocycles. The van der Waals surface area contributed by atoms with Crippen molar-refractivity contribution in [3.63, 3.8) is 0 Å². The molecule has 150 valence electrons. The predicted octanol–water partition coefficient (Wildman–Crippen LogP) is 2.46. The molecule has 0 spiro atoms. The zero-order valence-electron chi connectivity index (χ0n) is 15.1. The van der Waals surface area contributed by atoms with Gasteiger partial charge in [-0.3, -0.25) is 15.1 Å². The van der Waals surface area contributed by atoms with E-state index in [0.29, 0.717) is 28.8 Å². The van der Waals surface area contributed by atoms with E-state index in [9.17, 15) is 14.7 Å². The van der Waals surface area contributed by atoms with E-state index in [1.165, 1.54) is 28.4 Å². The van der Waals surface area contributed by atoms with Crippen LogP contribution in [-0.4, -0.2) is 56.8 Å². The van der Waals surface area contributed by atoms with Crippen LogP contribution in [-0.2, 0) is 9.53 Å². The summed E-state index contributed by atoms with van der Waals surface area (Å²) in [4.78, 5) is 24.7. The van der Waals surface area contributed by atoms with Gasteiger partial charge < -0.3 is 20.3 Å². The number of thioether (sulfide) groups is 2. The van der Waals surface area contributed by atoms with Gasteiger partial charge in [0.05, 0.1) is 12.0 Å². The summed E-state index contributed by atoms with van der Waals surface area (Å²) in [6.07, 6.45) is -1.79. The lowest BCUT2D eigenvalue weighted by atomic mass is 9.91. The van der Waals surface area contributed by atoms with Crippen molar-refractivity contribution in [3.05, 3.63) is 46.0 Å². The number of carbonyl (C=O) groups is 2. The van der Waals surface area contributed by atoms with E-state index in [1.807, 2.05) is 30.3 Å². The Labute approximate surface area is 170 Å². The van der Waals surface area contributed by atoms with E-state index in [2.05, 4.69) is 5.32 Å². The number of amidine groups is 1. The molecule has 0 saturated carbocycles. The highest BCUT2D eigenvalue weighted by atomic mass is 32.2. The molecule has 2 aliphatic rings. The lowest BCUT2D eigenvalue weighted by Gasteiger charge is -2.43. The van der Waals surface area contributed by atoms with E-state index < -0.39 is 18.2 Å². The molecule has 8 nitrogen and oxygen atoms in total. The molecule has 0 radical (unpaired) electrons. The van der Waals surface area contributed by atoms with Crippen LogP contribution in [0.4, 0.5) is 4.79 Å². The smallest absolute Gasteiger partial charge is 0.449 e. The summed E-state index contributed by atoms with van der Waals surface area (Å²) in [7, 11) is 0. The fourth-order valence-electron chi connectivity index (χ4n) is 2.99. The quantitative estimate of drug-likeness (QED) is 0.165. The van der Waals surface area contributed by atoms with Gasteiger partial charge in [0.25, 0.3) is 0 Å². The van der Waals surface area contributed by atoms with Crippen molar-refractivity contribution < 1.29 is 24.5 Å². The maximum Gasteiger partial charge on any atom is 0.512 e. The Balaban J connectivity index is 1.59. The van der Waals surface area contributed by atoms with Crippen molar-refractivity contribution in [1.82, 2.24) is 10.2 Å². The summed E-state index contributed by atoms with van der Waals surface area (Å²) >= 11 is 2.70. The van der Waals surface area contributed by atoms with Crippen molar-refractivity contribution in [2.75, 3.05) is 12.3 Å². The second kappa shape index (κ2) is 8.89. The Hall–Kier alpha value is -2.17. The van der Waals surface area contributed by atoms with Crippen molar-refractivity contribution >= 4 is 41.4 Å². The minimum atomic E-state index is -1.48. The van der Waals surface area contributed by atoms with E-state index in [0.717, 1.165) is 5.56 Å². The van der Waals surface area contributed by atoms with Crippen molar-refractivity contribution in [2.45, 2.75) is 24.8 Å². The highest BCUT2D eigenvalue weighted by Crippen LogP contribution is 2.54. The Bertz CT molecular complexity index is 802. The number of aliphatic hydroxyl groups is 1. The molecule has 3 atom stereocenters. The van der Waals surface area contributed by atoms with E-state index >= 15 is 0 Å². The molecule has 4 N–H and O–H groups in total. The SMILES string of the molecule is CC[C@H](O)[C@@H]1C(=O)N2C(OC(=O)O)=C(SCCNC(=N)c3ccccc3)S[C@H]12. The fraction of sp³-hybridized carbons (Fsp3) is 0.389. The number of rotatable bonds is 8. The second-order valence-electron chi connectivity index (χ2n) is 6.19. The Kier molecular flexibility index (Phi) is 6.53. The van der Waals surface area contributed by atoms with Crippen molar-refractivity contribution in [3.8, 4) is 0 Å². The average Bonchev–Trinajstić information content (AvgIpc) is 2.98. The molecular weight excluding hydrogens is 402 g/mol. The Morgan fingerprint density at radius 3 is 2.79 bits per heavy atom. The molecule has 10 heteroatoms. The first-order valence-corrected chi connectivity index (χ1v) is 10.6. The minimum Gasteiger partial charge on any atom is -0.449 e. The first-order valence-electron chi connectivity index (χ1n) is 8.77. The number of nitrogens with one attached hydrogen (secondary N) is 2. The average molecular weight is 424 g/mol. The monoisotopic (exact) mass is 423 g/mol. The van der Waals surface area contributed by atoms with Crippen LogP contribution in [0, 0.1) is 11.3 Å². The Morgan fingerprint density at radius 1 is 1.43 bits per heavy atom. The van der Waals surface area contributed by atoms with Gasteiger partial charge in [0.1, 0.15) is 15.4 Å². The van der Waals surface area contributed by atoms with E-state index in [1.54, 1.807) is 6.92 Å². The lowest BCUT2D eigenvalue weighted by Crippen LogP contribution is -2.60. The van der Waals surface area contributed by atoms with Gasteiger partial charge in [0, 0.05) is 17.9 Å².